The Kier molecular flexibility index (Phi) is 3.77. The second kappa shape index (κ2) is 5.73. The Hall–Kier alpha value is -2.46. The molecule has 1 heterocycles. The smallest absolute Gasteiger partial charge is 0.174 e. The van der Waals surface area contributed by atoms with Crippen molar-refractivity contribution in [1.29, 1.82) is 0 Å². The van der Waals surface area contributed by atoms with Crippen molar-refractivity contribution in [2.45, 2.75) is 6.92 Å². The van der Waals surface area contributed by atoms with Gasteiger partial charge in [0.25, 0.3) is 0 Å². The Morgan fingerprint density at radius 2 is 1.86 bits per heavy atom. The summed E-state index contributed by atoms with van der Waals surface area (Å²) in [6.45, 7) is 1.89. The van der Waals surface area contributed by atoms with Gasteiger partial charge >= 0.3 is 0 Å². The lowest BCUT2D eigenvalue weighted by molar-refractivity contribution is 0.414. The van der Waals surface area contributed by atoms with Crippen molar-refractivity contribution in [1.82, 2.24) is 5.16 Å². The lowest BCUT2D eigenvalue weighted by Gasteiger charge is -2.03. The number of phenolic OH excluding ortho intramolecular Hbond substituents is 1. The topological polar surface area (TPSA) is 55.5 Å². The fourth-order valence-corrected chi connectivity index (χ4v) is 2.47. The summed E-state index contributed by atoms with van der Waals surface area (Å²) in [7, 11) is 1.62. The zero-order valence-corrected chi connectivity index (χ0v) is 12.9. The first-order valence-electron chi connectivity index (χ1n) is 6.69. The summed E-state index contributed by atoms with van der Waals surface area (Å²) in [4.78, 5) is 0. The maximum Gasteiger partial charge on any atom is 0.174 e. The van der Waals surface area contributed by atoms with Crippen molar-refractivity contribution in [3.63, 3.8) is 0 Å². The molecule has 0 aliphatic heterocycles. The van der Waals surface area contributed by atoms with Crippen LogP contribution in [0.1, 0.15) is 5.56 Å². The van der Waals surface area contributed by atoms with Crippen molar-refractivity contribution in [2.75, 3.05) is 7.11 Å². The number of ether oxygens (including phenoxy) is 1. The van der Waals surface area contributed by atoms with Crippen LogP contribution in [0.5, 0.6) is 11.5 Å². The standard InChI is InChI=1S/C17H14ClNO3/c1-10-16(11-3-6-13(21-2)7-4-11)19-22-17(10)14-9-12(18)5-8-15(14)20/h3-9,20H,1-2H3. The molecular formula is C17H14ClNO3. The van der Waals surface area contributed by atoms with E-state index >= 15 is 0 Å². The van der Waals surface area contributed by atoms with Gasteiger partial charge in [0, 0.05) is 16.1 Å². The van der Waals surface area contributed by atoms with Crippen LogP contribution in [0.3, 0.4) is 0 Å². The number of benzene rings is 2. The van der Waals surface area contributed by atoms with Gasteiger partial charge in [0.15, 0.2) is 5.76 Å². The molecule has 0 spiro atoms. The molecule has 1 aromatic heterocycles. The molecule has 2 aromatic carbocycles. The highest BCUT2D eigenvalue weighted by molar-refractivity contribution is 6.30. The van der Waals surface area contributed by atoms with Crippen LogP contribution in [0.2, 0.25) is 5.02 Å². The average molecular weight is 316 g/mol. The number of nitrogens with zero attached hydrogens (tertiary/aromatic N) is 1. The van der Waals surface area contributed by atoms with Crippen molar-refractivity contribution in [2.24, 2.45) is 0 Å². The summed E-state index contributed by atoms with van der Waals surface area (Å²) < 4.78 is 10.6. The number of aromatic nitrogens is 1. The fourth-order valence-electron chi connectivity index (χ4n) is 2.30. The molecule has 4 nitrogen and oxygen atoms in total. The number of rotatable bonds is 3. The molecule has 3 rings (SSSR count). The van der Waals surface area contributed by atoms with Crippen molar-refractivity contribution in [3.05, 3.63) is 53.1 Å². The van der Waals surface area contributed by atoms with E-state index in [9.17, 15) is 5.11 Å². The number of halogens is 1. The third kappa shape index (κ3) is 2.53. The molecule has 0 unspecified atom stereocenters. The molecule has 1 N–H and O–H groups in total. The first-order chi connectivity index (χ1) is 10.6. The van der Waals surface area contributed by atoms with Crippen LogP contribution in [0.4, 0.5) is 0 Å². The van der Waals surface area contributed by atoms with Gasteiger partial charge < -0.3 is 14.4 Å². The Bertz CT molecular complexity index is 809. The monoisotopic (exact) mass is 315 g/mol. The van der Waals surface area contributed by atoms with Crippen LogP contribution in [0, 0.1) is 6.92 Å². The summed E-state index contributed by atoms with van der Waals surface area (Å²) in [6.07, 6.45) is 0. The molecule has 0 fully saturated rings. The lowest BCUT2D eigenvalue weighted by Crippen LogP contribution is -1.85. The minimum absolute atomic E-state index is 0.102. The highest BCUT2D eigenvalue weighted by Crippen LogP contribution is 2.37. The van der Waals surface area contributed by atoms with Gasteiger partial charge in [0.05, 0.1) is 12.7 Å². The van der Waals surface area contributed by atoms with Crippen LogP contribution in [-0.2, 0) is 0 Å². The summed E-state index contributed by atoms with van der Waals surface area (Å²) >= 11 is 5.99. The normalized spacial score (nSPS) is 10.7. The summed E-state index contributed by atoms with van der Waals surface area (Å²) in [6, 6.07) is 12.3. The first-order valence-corrected chi connectivity index (χ1v) is 7.07. The average Bonchev–Trinajstić information content (AvgIpc) is 2.91. The van der Waals surface area contributed by atoms with Crippen LogP contribution in [-0.4, -0.2) is 17.4 Å². The molecule has 0 saturated carbocycles. The highest BCUT2D eigenvalue weighted by atomic mass is 35.5. The Labute approximate surface area is 132 Å². The van der Waals surface area contributed by atoms with Crippen molar-refractivity contribution >= 4 is 11.6 Å². The van der Waals surface area contributed by atoms with E-state index in [1.807, 2.05) is 31.2 Å². The quantitative estimate of drug-likeness (QED) is 0.762. The molecule has 0 amide bonds. The summed E-state index contributed by atoms with van der Waals surface area (Å²) in [5.41, 5.74) is 2.99. The number of phenols is 1. The maximum absolute atomic E-state index is 10.00. The Balaban J connectivity index is 2.06. The molecule has 112 valence electrons. The predicted molar refractivity (Wildman–Crippen MR) is 85.3 cm³/mol. The van der Waals surface area contributed by atoms with E-state index < -0.39 is 0 Å². The van der Waals surface area contributed by atoms with E-state index in [0.29, 0.717) is 16.3 Å². The molecule has 0 aliphatic rings. The van der Waals surface area contributed by atoms with Crippen LogP contribution in [0.15, 0.2) is 47.0 Å². The van der Waals surface area contributed by atoms with E-state index in [1.54, 1.807) is 19.2 Å². The molecule has 3 aromatic rings. The SMILES string of the molecule is COc1ccc(-c2noc(-c3cc(Cl)ccc3O)c2C)cc1. The molecule has 0 atom stereocenters. The summed E-state index contributed by atoms with van der Waals surface area (Å²) in [5.74, 6) is 1.38. The third-order valence-corrected chi connectivity index (χ3v) is 3.73. The third-order valence-electron chi connectivity index (χ3n) is 3.49. The molecule has 5 heteroatoms. The molecule has 0 saturated heterocycles. The van der Waals surface area contributed by atoms with Gasteiger partial charge in [-0.1, -0.05) is 16.8 Å². The minimum Gasteiger partial charge on any atom is -0.507 e. The van der Waals surface area contributed by atoms with Gasteiger partial charge in [-0.05, 0) is 49.4 Å². The van der Waals surface area contributed by atoms with Gasteiger partial charge in [-0.2, -0.15) is 0 Å². The first kappa shape index (κ1) is 14.5. The molecule has 0 aliphatic carbocycles. The number of aromatic hydroxyl groups is 1. The van der Waals surface area contributed by atoms with E-state index in [2.05, 4.69) is 5.16 Å². The van der Waals surface area contributed by atoms with E-state index in [1.165, 1.54) is 6.07 Å². The van der Waals surface area contributed by atoms with E-state index in [-0.39, 0.29) is 5.75 Å². The molecular weight excluding hydrogens is 302 g/mol. The lowest BCUT2D eigenvalue weighted by atomic mass is 10.0. The Morgan fingerprint density at radius 1 is 1.14 bits per heavy atom. The van der Waals surface area contributed by atoms with Crippen LogP contribution >= 0.6 is 11.6 Å². The molecule has 22 heavy (non-hydrogen) atoms. The Morgan fingerprint density at radius 3 is 2.55 bits per heavy atom. The second-order valence-electron chi connectivity index (χ2n) is 4.88. The van der Waals surface area contributed by atoms with Crippen LogP contribution < -0.4 is 4.74 Å². The number of hydrogen-bond acceptors (Lipinski definition) is 4. The number of hydrogen-bond donors (Lipinski definition) is 1. The summed E-state index contributed by atoms with van der Waals surface area (Å²) in [5, 5.41) is 14.6. The van der Waals surface area contributed by atoms with Crippen LogP contribution in [0.25, 0.3) is 22.6 Å². The van der Waals surface area contributed by atoms with Gasteiger partial charge in [0.1, 0.15) is 17.2 Å². The van der Waals surface area contributed by atoms with Crippen molar-refractivity contribution < 1.29 is 14.4 Å². The van der Waals surface area contributed by atoms with E-state index in [0.717, 1.165) is 22.6 Å². The highest BCUT2D eigenvalue weighted by Gasteiger charge is 2.18. The van der Waals surface area contributed by atoms with Crippen molar-refractivity contribution in [3.8, 4) is 34.1 Å². The van der Waals surface area contributed by atoms with Gasteiger partial charge in [-0.15, -0.1) is 0 Å². The second-order valence-corrected chi connectivity index (χ2v) is 5.31. The fraction of sp³-hybridized carbons (Fsp3) is 0.118. The number of methoxy groups -OCH3 is 1. The largest absolute Gasteiger partial charge is 0.507 e. The maximum atomic E-state index is 10.00. The van der Waals surface area contributed by atoms with Gasteiger partial charge in [-0.25, -0.2) is 0 Å². The zero-order chi connectivity index (χ0) is 15.7. The molecule has 0 radical (unpaired) electrons. The van der Waals surface area contributed by atoms with Gasteiger partial charge in [-0.3, -0.25) is 0 Å². The predicted octanol–water partition coefficient (Wildman–Crippen LogP) is 4.68. The molecule has 0 bridgehead atoms. The zero-order valence-electron chi connectivity index (χ0n) is 12.1. The van der Waals surface area contributed by atoms with Gasteiger partial charge in [0.2, 0.25) is 0 Å². The minimum atomic E-state index is 0.102. The van der Waals surface area contributed by atoms with E-state index in [4.69, 9.17) is 20.9 Å².